The summed E-state index contributed by atoms with van der Waals surface area (Å²) < 4.78 is 26.1. The highest BCUT2D eigenvalue weighted by Crippen LogP contribution is 2.30. The second-order valence-electron chi connectivity index (χ2n) is 5.43. The summed E-state index contributed by atoms with van der Waals surface area (Å²) in [5.41, 5.74) is 0.0373. The SMILES string of the molecule is CC(C)(C#N)CCCN1C=Nc2ccccc2S1(=O)=O. The molecular weight excluding hydrogens is 274 g/mol. The lowest BCUT2D eigenvalue weighted by Gasteiger charge is -2.25. The van der Waals surface area contributed by atoms with Gasteiger partial charge in [0, 0.05) is 6.54 Å². The van der Waals surface area contributed by atoms with E-state index in [-0.39, 0.29) is 4.90 Å². The maximum absolute atomic E-state index is 12.4. The number of aliphatic imine (C=N–C) groups is 1. The van der Waals surface area contributed by atoms with Crippen LogP contribution in [0, 0.1) is 16.7 Å². The summed E-state index contributed by atoms with van der Waals surface area (Å²) in [5.74, 6) is 0. The first-order valence-corrected chi connectivity index (χ1v) is 7.87. The van der Waals surface area contributed by atoms with Crippen molar-refractivity contribution in [3.63, 3.8) is 0 Å². The first kappa shape index (κ1) is 14.5. The molecule has 0 saturated heterocycles. The van der Waals surface area contributed by atoms with Crippen LogP contribution < -0.4 is 0 Å². The van der Waals surface area contributed by atoms with Gasteiger partial charge in [0.15, 0.2) is 0 Å². The van der Waals surface area contributed by atoms with Crippen LogP contribution in [-0.2, 0) is 10.0 Å². The molecule has 1 aliphatic heterocycles. The van der Waals surface area contributed by atoms with Gasteiger partial charge in [-0.2, -0.15) is 5.26 Å². The molecule has 0 atom stereocenters. The molecule has 1 aliphatic rings. The summed E-state index contributed by atoms with van der Waals surface area (Å²) in [6.45, 7) is 4.04. The fraction of sp³-hybridized carbons (Fsp3) is 0.429. The van der Waals surface area contributed by atoms with Crippen LogP contribution in [0.25, 0.3) is 0 Å². The number of benzene rings is 1. The molecule has 0 spiro atoms. The molecule has 0 aliphatic carbocycles. The van der Waals surface area contributed by atoms with Crippen molar-refractivity contribution in [2.75, 3.05) is 6.54 Å². The Labute approximate surface area is 119 Å². The number of nitrogens with zero attached hydrogens (tertiary/aromatic N) is 3. The van der Waals surface area contributed by atoms with E-state index in [2.05, 4.69) is 11.1 Å². The standard InChI is InChI=1S/C14H17N3O2S/c1-14(2,10-15)8-5-9-17-11-16-12-6-3-4-7-13(12)20(17,18)19/h3-4,6-7,11H,5,8-9H2,1-2H3. The Morgan fingerprint density at radius 2 is 2.05 bits per heavy atom. The van der Waals surface area contributed by atoms with E-state index in [0.717, 1.165) is 0 Å². The lowest BCUT2D eigenvalue weighted by Crippen LogP contribution is -2.33. The molecule has 0 unspecified atom stereocenters. The van der Waals surface area contributed by atoms with Crippen LogP contribution in [0.4, 0.5) is 5.69 Å². The van der Waals surface area contributed by atoms with E-state index in [1.807, 2.05) is 13.8 Å². The van der Waals surface area contributed by atoms with Crippen LogP contribution in [0.3, 0.4) is 0 Å². The van der Waals surface area contributed by atoms with Crippen molar-refractivity contribution in [3.05, 3.63) is 24.3 Å². The third-order valence-corrected chi connectivity index (χ3v) is 5.06. The minimum atomic E-state index is -3.51. The number of sulfonamides is 1. The number of nitriles is 1. The van der Waals surface area contributed by atoms with Crippen molar-refractivity contribution in [2.24, 2.45) is 10.4 Å². The molecule has 1 aromatic carbocycles. The molecule has 0 N–H and O–H groups in total. The molecule has 2 rings (SSSR count). The Hall–Kier alpha value is -1.87. The quantitative estimate of drug-likeness (QED) is 0.856. The van der Waals surface area contributed by atoms with Gasteiger partial charge in [-0.15, -0.1) is 0 Å². The van der Waals surface area contributed by atoms with Crippen molar-refractivity contribution in [1.82, 2.24) is 4.31 Å². The van der Waals surface area contributed by atoms with E-state index in [4.69, 9.17) is 5.26 Å². The van der Waals surface area contributed by atoms with Crippen molar-refractivity contribution in [1.29, 1.82) is 5.26 Å². The molecule has 6 heteroatoms. The lowest BCUT2D eigenvalue weighted by atomic mass is 9.90. The van der Waals surface area contributed by atoms with Gasteiger partial charge in [-0.1, -0.05) is 12.1 Å². The highest BCUT2D eigenvalue weighted by molar-refractivity contribution is 7.89. The Kier molecular flexibility index (Phi) is 3.82. The van der Waals surface area contributed by atoms with E-state index in [9.17, 15) is 8.42 Å². The summed E-state index contributed by atoms with van der Waals surface area (Å²) >= 11 is 0. The van der Waals surface area contributed by atoms with Gasteiger partial charge in [-0.3, -0.25) is 4.31 Å². The molecule has 5 nitrogen and oxygen atoms in total. The van der Waals surface area contributed by atoms with Crippen LogP contribution in [0.1, 0.15) is 26.7 Å². The monoisotopic (exact) mass is 291 g/mol. The zero-order valence-corrected chi connectivity index (χ0v) is 12.4. The number of para-hydroxylation sites is 1. The largest absolute Gasteiger partial charge is 0.267 e. The fourth-order valence-corrected chi connectivity index (χ4v) is 3.44. The van der Waals surface area contributed by atoms with Gasteiger partial charge >= 0.3 is 0 Å². The van der Waals surface area contributed by atoms with E-state index in [0.29, 0.717) is 25.1 Å². The fourth-order valence-electron chi connectivity index (χ4n) is 2.01. The minimum Gasteiger partial charge on any atom is -0.256 e. The molecular formula is C14H17N3O2S. The summed E-state index contributed by atoms with van der Waals surface area (Å²) in [6.07, 6.45) is 2.62. The second kappa shape index (κ2) is 5.25. The maximum atomic E-state index is 12.4. The molecule has 0 bridgehead atoms. The molecule has 106 valence electrons. The predicted molar refractivity (Wildman–Crippen MR) is 77.1 cm³/mol. The van der Waals surface area contributed by atoms with Crippen LogP contribution in [0.5, 0.6) is 0 Å². The zero-order valence-electron chi connectivity index (χ0n) is 11.6. The van der Waals surface area contributed by atoms with Crippen LogP contribution in [0.15, 0.2) is 34.2 Å². The van der Waals surface area contributed by atoms with E-state index < -0.39 is 15.4 Å². The number of hydrogen-bond acceptors (Lipinski definition) is 4. The van der Waals surface area contributed by atoms with Crippen molar-refractivity contribution in [3.8, 4) is 6.07 Å². The first-order chi connectivity index (χ1) is 9.37. The Morgan fingerprint density at radius 3 is 2.75 bits per heavy atom. The Bertz CT molecular complexity index is 672. The van der Waals surface area contributed by atoms with E-state index >= 15 is 0 Å². The van der Waals surface area contributed by atoms with Gasteiger partial charge in [0.05, 0.1) is 17.2 Å². The molecule has 20 heavy (non-hydrogen) atoms. The predicted octanol–water partition coefficient (Wildman–Crippen LogP) is 2.68. The van der Waals surface area contributed by atoms with Gasteiger partial charge in [0.25, 0.3) is 10.0 Å². The smallest absolute Gasteiger partial charge is 0.256 e. The van der Waals surface area contributed by atoms with Gasteiger partial charge in [-0.05, 0) is 38.8 Å². The third-order valence-electron chi connectivity index (χ3n) is 3.26. The summed E-state index contributed by atoms with van der Waals surface area (Å²) in [6, 6.07) is 8.91. The van der Waals surface area contributed by atoms with Crippen LogP contribution in [-0.4, -0.2) is 25.6 Å². The second-order valence-corrected chi connectivity index (χ2v) is 7.29. The minimum absolute atomic E-state index is 0.238. The maximum Gasteiger partial charge on any atom is 0.267 e. The summed E-state index contributed by atoms with van der Waals surface area (Å²) in [7, 11) is -3.51. The Morgan fingerprint density at radius 1 is 1.35 bits per heavy atom. The van der Waals surface area contributed by atoms with Crippen molar-refractivity contribution in [2.45, 2.75) is 31.6 Å². The third kappa shape index (κ3) is 2.83. The van der Waals surface area contributed by atoms with Crippen LogP contribution >= 0.6 is 0 Å². The molecule has 0 saturated carbocycles. The van der Waals surface area contributed by atoms with Gasteiger partial charge < -0.3 is 0 Å². The number of fused-ring (bicyclic) bond motifs is 1. The van der Waals surface area contributed by atoms with Crippen molar-refractivity contribution < 1.29 is 8.42 Å². The molecule has 0 fully saturated rings. The van der Waals surface area contributed by atoms with Crippen LogP contribution in [0.2, 0.25) is 0 Å². The highest BCUT2D eigenvalue weighted by atomic mass is 32.2. The summed E-state index contributed by atoms with van der Waals surface area (Å²) in [4.78, 5) is 4.40. The van der Waals surface area contributed by atoms with E-state index in [1.165, 1.54) is 10.6 Å². The normalized spacial score (nSPS) is 16.6. The van der Waals surface area contributed by atoms with Crippen molar-refractivity contribution >= 4 is 22.0 Å². The molecule has 1 aromatic rings. The Balaban J connectivity index is 2.12. The molecule has 0 aromatic heterocycles. The average Bonchev–Trinajstić information content (AvgIpc) is 2.41. The average molecular weight is 291 g/mol. The topological polar surface area (TPSA) is 73.5 Å². The molecule has 0 amide bonds. The van der Waals surface area contributed by atoms with Gasteiger partial charge in [-0.25, -0.2) is 13.4 Å². The molecule has 1 heterocycles. The van der Waals surface area contributed by atoms with Gasteiger partial charge in [0.2, 0.25) is 0 Å². The van der Waals surface area contributed by atoms with Gasteiger partial charge in [0.1, 0.15) is 11.2 Å². The first-order valence-electron chi connectivity index (χ1n) is 6.43. The number of rotatable bonds is 4. The van der Waals surface area contributed by atoms with E-state index in [1.54, 1.807) is 24.3 Å². The zero-order chi connectivity index (χ0) is 14.8. The summed E-state index contributed by atoms with van der Waals surface area (Å²) in [5, 5.41) is 8.96. The molecule has 0 radical (unpaired) electrons. The highest BCUT2D eigenvalue weighted by Gasteiger charge is 2.28. The number of hydrogen-bond donors (Lipinski definition) is 0. The lowest BCUT2D eigenvalue weighted by molar-refractivity contribution is 0.411.